The first-order chi connectivity index (χ1) is 14.0. The van der Waals surface area contributed by atoms with Crippen LogP contribution in [0.1, 0.15) is 36.9 Å². The van der Waals surface area contributed by atoms with Gasteiger partial charge in [-0.3, -0.25) is 9.59 Å². The van der Waals surface area contributed by atoms with E-state index in [-0.39, 0.29) is 23.8 Å². The van der Waals surface area contributed by atoms with Crippen molar-refractivity contribution in [2.75, 3.05) is 27.2 Å². The van der Waals surface area contributed by atoms with Gasteiger partial charge in [0.05, 0.1) is 25.5 Å². The van der Waals surface area contributed by atoms with Crippen LogP contribution in [0.2, 0.25) is 0 Å². The molecule has 2 unspecified atom stereocenters. The summed E-state index contributed by atoms with van der Waals surface area (Å²) in [4.78, 5) is 29.5. The molecule has 0 aromatic heterocycles. The molecule has 2 aromatic carbocycles. The fourth-order valence-electron chi connectivity index (χ4n) is 3.99. The van der Waals surface area contributed by atoms with Gasteiger partial charge in [-0.2, -0.15) is 0 Å². The third-order valence-corrected chi connectivity index (χ3v) is 5.84. The predicted octanol–water partition coefficient (Wildman–Crippen LogP) is 3.70. The zero-order valence-electron chi connectivity index (χ0n) is 17.5. The molecule has 0 N–H and O–H groups in total. The first-order valence-corrected chi connectivity index (χ1v) is 10.2. The Morgan fingerprint density at radius 3 is 2.55 bits per heavy atom. The number of amides is 2. The molecule has 0 aliphatic carbocycles. The van der Waals surface area contributed by atoms with Crippen LogP contribution in [0.25, 0.3) is 0 Å². The van der Waals surface area contributed by atoms with Gasteiger partial charge in [0.25, 0.3) is 0 Å². The lowest BCUT2D eigenvalue weighted by Gasteiger charge is -2.36. The van der Waals surface area contributed by atoms with Crippen LogP contribution in [-0.2, 0) is 16.0 Å². The van der Waals surface area contributed by atoms with Gasteiger partial charge < -0.3 is 14.5 Å². The molecule has 1 heterocycles. The topological polar surface area (TPSA) is 49.9 Å². The van der Waals surface area contributed by atoms with Crippen LogP contribution < -0.4 is 4.74 Å². The molecule has 0 bridgehead atoms. The number of ether oxygens (including phenoxy) is 1. The van der Waals surface area contributed by atoms with Gasteiger partial charge in [-0.15, -0.1) is 0 Å². The minimum absolute atomic E-state index is 0.0839. The number of piperidine rings is 1. The number of carbonyl (C=O) groups excluding carboxylic acids is 2. The molecule has 5 nitrogen and oxygen atoms in total. The lowest BCUT2D eigenvalue weighted by atomic mass is 9.94. The molecule has 154 valence electrons. The van der Waals surface area contributed by atoms with Crippen molar-refractivity contribution in [2.45, 2.75) is 32.2 Å². The number of hydrogen-bond acceptors (Lipinski definition) is 3. The summed E-state index contributed by atoms with van der Waals surface area (Å²) in [6, 6.07) is 17.4. The van der Waals surface area contributed by atoms with Crippen LogP contribution in [0.4, 0.5) is 0 Å². The quantitative estimate of drug-likeness (QED) is 0.751. The van der Waals surface area contributed by atoms with Crippen LogP contribution >= 0.6 is 0 Å². The number of benzene rings is 2. The molecular formula is C24H30N2O3. The van der Waals surface area contributed by atoms with E-state index in [9.17, 15) is 9.59 Å². The summed E-state index contributed by atoms with van der Waals surface area (Å²) in [6.07, 6.45) is 2.06. The van der Waals surface area contributed by atoms with Crippen molar-refractivity contribution >= 4 is 11.8 Å². The van der Waals surface area contributed by atoms with Crippen LogP contribution in [-0.4, -0.2) is 48.9 Å². The molecule has 2 atom stereocenters. The molecular weight excluding hydrogens is 364 g/mol. The molecule has 1 saturated heterocycles. The zero-order valence-corrected chi connectivity index (χ0v) is 17.5. The Morgan fingerprint density at radius 2 is 1.83 bits per heavy atom. The highest BCUT2D eigenvalue weighted by Crippen LogP contribution is 2.30. The van der Waals surface area contributed by atoms with Crippen LogP contribution in [0, 0.1) is 5.92 Å². The van der Waals surface area contributed by atoms with E-state index in [1.165, 1.54) is 0 Å². The van der Waals surface area contributed by atoms with E-state index in [1.807, 2.05) is 73.5 Å². The van der Waals surface area contributed by atoms with Gasteiger partial charge in [-0.05, 0) is 31.4 Å². The summed E-state index contributed by atoms with van der Waals surface area (Å²) < 4.78 is 5.46. The number of rotatable bonds is 6. The van der Waals surface area contributed by atoms with Crippen molar-refractivity contribution in [2.24, 2.45) is 5.92 Å². The second kappa shape index (κ2) is 9.59. The highest BCUT2D eigenvalue weighted by molar-refractivity contribution is 5.82. The number of para-hydroxylation sites is 1. The van der Waals surface area contributed by atoms with Gasteiger partial charge in [0.2, 0.25) is 11.8 Å². The standard InChI is InChI=1S/C24H30N2O3/c1-18(21-13-7-8-14-22(21)29-3)25(2)24(28)20-12-9-15-26(17-20)23(27)16-19-10-5-4-6-11-19/h4-8,10-11,13-14,18,20H,9,12,15-17H2,1-3H3. The van der Waals surface area contributed by atoms with Crippen molar-refractivity contribution in [1.82, 2.24) is 9.80 Å². The Kier molecular flexibility index (Phi) is 6.91. The molecule has 1 aliphatic rings. The summed E-state index contributed by atoms with van der Waals surface area (Å²) in [6.45, 7) is 3.23. The number of hydrogen-bond donors (Lipinski definition) is 0. The normalized spacial score (nSPS) is 17.5. The molecule has 0 saturated carbocycles. The number of nitrogens with zero attached hydrogens (tertiary/aromatic N) is 2. The van der Waals surface area contributed by atoms with Gasteiger partial charge in [-0.1, -0.05) is 48.5 Å². The smallest absolute Gasteiger partial charge is 0.227 e. The second-order valence-corrected chi connectivity index (χ2v) is 7.71. The van der Waals surface area contributed by atoms with Crippen LogP contribution in [0.15, 0.2) is 54.6 Å². The second-order valence-electron chi connectivity index (χ2n) is 7.71. The zero-order chi connectivity index (χ0) is 20.8. The molecule has 2 aromatic rings. The summed E-state index contributed by atoms with van der Waals surface area (Å²) in [5.41, 5.74) is 1.99. The molecule has 29 heavy (non-hydrogen) atoms. The summed E-state index contributed by atoms with van der Waals surface area (Å²) >= 11 is 0. The summed E-state index contributed by atoms with van der Waals surface area (Å²) in [5, 5.41) is 0. The van der Waals surface area contributed by atoms with Crippen molar-refractivity contribution in [3.05, 3.63) is 65.7 Å². The number of likely N-dealkylation sites (tertiary alicyclic amines) is 1. The van der Waals surface area contributed by atoms with Gasteiger partial charge >= 0.3 is 0 Å². The maximum Gasteiger partial charge on any atom is 0.227 e. The van der Waals surface area contributed by atoms with Gasteiger partial charge in [0.15, 0.2) is 0 Å². The minimum atomic E-state index is -0.161. The van der Waals surface area contributed by atoms with Crippen molar-refractivity contribution < 1.29 is 14.3 Å². The van der Waals surface area contributed by atoms with E-state index >= 15 is 0 Å². The lowest BCUT2D eigenvalue weighted by Crippen LogP contribution is -2.46. The average Bonchev–Trinajstić information content (AvgIpc) is 2.78. The molecule has 0 radical (unpaired) electrons. The molecule has 0 spiro atoms. The summed E-state index contributed by atoms with van der Waals surface area (Å²) in [7, 11) is 3.48. The first-order valence-electron chi connectivity index (χ1n) is 10.2. The Morgan fingerprint density at radius 1 is 1.14 bits per heavy atom. The SMILES string of the molecule is COc1ccccc1C(C)N(C)C(=O)C1CCCN(C(=O)Cc2ccccc2)C1. The maximum absolute atomic E-state index is 13.2. The van der Waals surface area contributed by atoms with E-state index in [2.05, 4.69) is 0 Å². The third kappa shape index (κ3) is 4.97. The highest BCUT2D eigenvalue weighted by atomic mass is 16.5. The Labute approximate surface area is 173 Å². The predicted molar refractivity (Wildman–Crippen MR) is 114 cm³/mol. The van der Waals surface area contributed by atoms with E-state index in [0.717, 1.165) is 36.3 Å². The fraction of sp³-hybridized carbons (Fsp3) is 0.417. The molecule has 1 aliphatic heterocycles. The summed E-state index contributed by atoms with van der Waals surface area (Å²) in [5.74, 6) is 0.795. The Bertz CT molecular complexity index is 837. The monoisotopic (exact) mass is 394 g/mol. The van der Waals surface area contributed by atoms with E-state index in [1.54, 1.807) is 12.0 Å². The van der Waals surface area contributed by atoms with Crippen molar-refractivity contribution in [3.63, 3.8) is 0 Å². The highest BCUT2D eigenvalue weighted by Gasteiger charge is 2.32. The van der Waals surface area contributed by atoms with Crippen LogP contribution in [0.5, 0.6) is 5.75 Å². The van der Waals surface area contributed by atoms with Gasteiger partial charge in [-0.25, -0.2) is 0 Å². The number of carbonyl (C=O) groups is 2. The molecule has 5 heteroatoms. The Balaban J connectivity index is 1.64. The molecule has 2 amide bonds. The molecule has 1 fully saturated rings. The number of methoxy groups -OCH3 is 1. The lowest BCUT2D eigenvalue weighted by molar-refractivity contribution is -0.141. The third-order valence-electron chi connectivity index (χ3n) is 5.84. The van der Waals surface area contributed by atoms with Gasteiger partial charge in [0, 0.05) is 25.7 Å². The fourth-order valence-corrected chi connectivity index (χ4v) is 3.99. The maximum atomic E-state index is 13.2. The van der Waals surface area contributed by atoms with E-state index < -0.39 is 0 Å². The van der Waals surface area contributed by atoms with Crippen molar-refractivity contribution in [3.8, 4) is 5.75 Å². The van der Waals surface area contributed by atoms with E-state index in [0.29, 0.717) is 13.0 Å². The van der Waals surface area contributed by atoms with Crippen molar-refractivity contribution in [1.29, 1.82) is 0 Å². The Hall–Kier alpha value is -2.82. The average molecular weight is 395 g/mol. The van der Waals surface area contributed by atoms with Gasteiger partial charge in [0.1, 0.15) is 5.75 Å². The minimum Gasteiger partial charge on any atom is -0.496 e. The molecule has 3 rings (SSSR count). The van der Waals surface area contributed by atoms with E-state index in [4.69, 9.17) is 4.74 Å². The van der Waals surface area contributed by atoms with Crippen LogP contribution in [0.3, 0.4) is 0 Å². The first kappa shape index (κ1) is 20.9. The largest absolute Gasteiger partial charge is 0.496 e.